The number of aromatic nitrogens is 2. The number of methoxy groups -OCH3 is 1. The van der Waals surface area contributed by atoms with E-state index in [1.165, 1.54) is 0 Å². The van der Waals surface area contributed by atoms with Gasteiger partial charge in [0, 0.05) is 37.3 Å². The van der Waals surface area contributed by atoms with Gasteiger partial charge in [-0.05, 0) is 48.9 Å². The molecule has 1 unspecified atom stereocenters. The molecule has 1 saturated heterocycles. The highest BCUT2D eigenvalue weighted by Gasteiger charge is 2.29. The van der Waals surface area contributed by atoms with Gasteiger partial charge in [0.25, 0.3) is 5.91 Å². The first kappa shape index (κ1) is 28.1. The summed E-state index contributed by atoms with van der Waals surface area (Å²) in [6, 6.07) is 27.8. The standard InChI is InChI=1S/C32H32ClN5O3/c1-23(24-9-4-3-5-10-24)38(32(40)25-11-8-12-26(21-25)41-2)22-31(39)37-19-17-36(18-20-37)30-16-15-29(34-35-30)27-13-6-7-14-28(27)33/h3-16,21,23H,17-20,22H2,1-2H3. The summed E-state index contributed by atoms with van der Waals surface area (Å²) in [5.41, 5.74) is 2.98. The lowest BCUT2D eigenvalue weighted by Gasteiger charge is -2.37. The van der Waals surface area contributed by atoms with Crippen LogP contribution in [0.4, 0.5) is 5.82 Å². The molecule has 1 aliphatic rings. The fourth-order valence-electron chi connectivity index (χ4n) is 4.96. The molecule has 9 heteroatoms. The Hall–Kier alpha value is -4.43. The first-order valence-electron chi connectivity index (χ1n) is 13.6. The minimum absolute atomic E-state index is 0.0293. The van der Waals surface area contributed by atoms with Gasteiger partial charge in [-0.15, -0.1) is 10.2 Å². The summed E-state index contributed by atoms with van der Waals surface area (Å²) in [6.45, 7) is 4.19. The highest BCUT2D eigenvalue weighted by molar-refractivity contribution is 6.33. The third-order valence-electron chi connectivity index (χ3n) is 7.39. The number of carbonyl (C=O) groups excluding carboxylic acids is 2. The number of hydrogen-bond acceptors (Lipinski definition) is 6. The van der Waals surface area contributed by atoms with Crippen LogP contribution in [0, 0.1) is 0 Å². The zero-order valence-electron chi connectivity index (χ0n) is 23.1. The van der Waals surface area contributed by atoms with E-state index < -0.39 is 0 Å². The molecule has 0 bridgehead atoms. The van der Waals surface area contributed by atoms with E-state index in [2.05, 4.69) is 15.1 Å². The van der Waals surface area contributed by atoms with Crippen molar-refractivity contribution in [1.82, 2.24) is 20.0 Å². The summed E-state index contributed by atoms with van der Waals surface area (Å²) in [7, 11) is 1.57. The summed E-state index contributed by atoms with van der Waals surface area (Å²) < 4.78 is 5.32. The normalized spacial score (nSPS) is 13.9. The van der Waals surface area contributed by atoms with Crippen LogP contribution in [0.3, 0.4) is 0 Å². The number of halogens is 1. The van der Waals surface area contributed by atoms with Gasteiger partial charge < -0.3 is 19.4 Å². The predicted molar refractivity (Wildman–Crippen MR) is 160 cm³/mol. The van der Waals surface area contributed by atoms with Crippen molar-refractivity contribution in [2.75, 3.05) is 44.7 Å². The number of nitrogens with zero attached hydrogens (tertiary/aromatic N) is 5. The van der Waals surface area contributed by atoms with Gasteiger partial charge in [0.15, 0.2) is 5.82 Å². The molecule has 8 nitrogen and oxygen atoms in total. The number of piperazine rings is 1. The maximum absolute atomic E-state index is 13.7. The summed E-state index contributed by atoms with van der Waals surface area (Å²) in [5, 5.41) is 9.42. The third-order valence-corrected chi connectivity index (χ3v) is 7.72. The van der Waals surface area contributed by atoms with Gasteiger partial charge in [0.1, 0.15) is 12.3 Å². The molecule has 1 fully saturated rings. The van der Waals surface area contributed by atoms with Crippen LogP contribution in [-0.4, -0.2) is 71.6 Å². The first-order valence-corrected chi connectivity index (χ1v) is 13.9. The fourth-order valence-corrected chi connectivity index (χ4v) is 5.19. The maximum atomic E-state index is 13.7. The SMILES string of the molecule is COc1cccc(C(=O)N(CC(=O)N2CCN(c3ccc(-c4ccccc4Cl)nn3)CC2)C(C)c2ccccc2)c1. The van der Waals surface area contributed by atoms with E-state index in [0.29, 0.717) is 48.2 Å². The lowest BCUT2D eigenvalue weighted by molar-refractivity contribution is -0.132. The zero-order chi connectivity index (χ0) is 28.8. The minimum Gasteiger partial charge on any atom is -0.497 e. The number of hydrogen-bond donors (Lipinski definition) is 0. The molecule has 41 heavy (non-hydrogen) atoms. The van der Waals surface area contributed by atoms with Crippen LogP contribution in [0.1, 0.15) is 28.9 Å². The van der Waals surface area contributed by atoms with Gasteiger partial charge in [-0.3, -0.25) is 9.59 Å². The van der Waals surface area contributed by atoms with E-state index in [1.54, 1.807) is 36.3 Å². The molecule has 0 aliphatic carbocycles. The predicted octanol–water partition coefficient (Wildman–Crippen LogP) is 5.36. The van der Waals surface area contributed by atoms with Crippen molar-refractivity contribution in [2.24, 2.45) is 0 Å². The lowest BCUT2D eigenvalue weighted by Crippen LogP contribution is -2.52. The zero-order valence-corrected chi connectivity index (χ0v) is 23.9. The Morgan fingerprint density at radius 2 is 1.63 bits per heavy atom. The second-order valence-corrected chi connectivity index (χ2v) is 10.3. The molecule has 2 heterocycles. The Labute approximate surface area is 245 Å². The maximum Gasteiger partial charge on any atom is 0.254 e. The van der Waals surface area contributed by atoms with Crippen LogP contribution in [0.2, 0.25) is 5.02 Å². The van der Waals surface area contributed by atoms with Crippen molar-refractivity contribution in [3.05, 3.63) is 107 Å². The van der Waals surface area contributed by atoms with E-state index >= 15 is 0 Å². The van der Waals surface area contributed by atoms with Gasteiger partial charge in [0.05, 0.1) is 23.9 Å². The number of anilines is 1. The second kappa shape index (κ2) is 12.8. The summed E-state index contributed by atoms with van der Waals surface area (Å²) in [5.74, 6) is 1.03. The average Bonchev–Trinajstić information content (AvgIpc) is 3.03. The molecule has 0 radical (unpaired) electrons. The van der Waals surface area contributed by atoms with Gasteiger partial charge in [-0.1, -0.05) is 66.2 Å². The van der Waals surface area contributed by atoms with E-state index in [9.17, 15) is 9.59 Å². The van der Waals surface area contributed by atoms with Crippen LogP contribution in [-0.2, 0) is 4.79 Å². The first-order chi connectivity index (χ1) is 19.9. The molecule has 1 aliphatic heterocycles. The lowest BCUT2D eigenvalue weighted by atomic mass is 10.1. The monoisotopic (exact) mass is 569 g/mol. The molecular weight excluding hydrogens is 538 g/mol. The Kier molecular flexibility index (Phi) is 8.79. The molecule has 3 aromatic carbocycles. The van der Waals surface area contributed by atoms with E-state index in [0.717, 1.165) is 16.9 Å². The topological polar surface area (TPSA) is 78.9 Å². The largest absolute Gasteiger partial charge is 0.497 e. The molecule has 0 saturated carbocycles. The molecule has 2 amide bonds. The van der Waals surface area contributed by atoms with Crippen molar-refractivity contribution >= 4 is 29.2 Å². The van der Waals surface area contributed by atoms with Crippen LogP contribution >= 0.6 is 11.6 Å². The van der Waals surface area contributed by atoms with Crippen molar-refractivity contribution < 1.29 is 14.3 Å². The van der Waals surface area contributed by atoms with Gasteiger partial charge in [0.2, 0.25) is 5.91 Å². The van der Waals surface area contributed by atoms with Crippen LogP contribution < -0.4 is 9.64 Å². The third kappa shape index (κ3) is 6.49. The Morgan fingerprint density at radius 3 is 2.32 bits per heavy atom. The molecule has 210 valence electrons. The summed E-state index contributed by atoms with van der Waals surface area (Å²) in [6.07, 6.45) is 0. The Balaban J connectivity index is 1.26. The molecule has 0 spiro atoms. The van der Waals surface area contributed by atoms with Gasteiger partial charge >= 0.3 is 0 Å². The highest BCUT2D eigenvalue weighted by atomic mass is 35.5. The van der Waals surface area contributed by atoms with Crippen LogP contribution in [0.15, 0.2) is 91.0 Å². The van der Waals surface area contributed by atoms with E-state index in [4.69, 9.17) is 16.3 Å². The minimum atomic E-state index is -0.299. The second-order valence-electron chi connectivity index (χ2n) is 9.88. The molecule has 5 rings (SSSR count). The average molecular weight is 570 g/mol. The number of amides is 2. The number of rotatable bonds is 8. The Morgan fingerprint density at radius 1 is 0.902 bits per heavy atom. The fraction of sp³-hybridized carbons (Fsp3) is 0.250. The molecule has 1 aromatic heterocycles. The highest BCUT2D eigenvalue weighted by Crippen LogP contribution is 2.27. The number of carbonyl (C=O) groups is 2. The Bertz CT molecular complexity index is 1490. The van der Waals surface area contributed by atoms with Crippen molar-refractivity contribution in [1.29, 1.82) is 0 Å². The number of benzene rings is 3. The van der Waals surface area contributed by atoms with E-state index in [1.807, 2.05) is 78.6 Å². The molecule has 4 aromatic rings. The van der Waals surface area contributed by atoms with Gasteiger partial charge in [-0.25, -0.2) is 0 Å². The summed E-state index contributed by atoms with van der Waals surface area (Å²) >= 11 is 6.31. The molecule has 0 N–H and O–H groups in total. The van der Waals surface area contributed by atoms with E-state index in [-0.39, 0.29) is 24.4 Å². The summed E-state index contributed by atoms with van der Waals surface area (Å²) in [4.78, 5) is 32.8. The van der Waals surface area contributed by atoms with Crippen LogP contribution in [0.5, 0.6) is 5.75 Å². The smallest absolute Gasteiger partial charge is 0.254 e. The van der Waals surface area contributed by atoms with Crippen molar-refractivity contribution in [3.8, 4) is 17.0 Å². The number of ether oxygens (including phenoxy) is 1. The molecule has 1 atom stereocenters. The van der Waals surface area contributed by atoms with Gasteiger partial charge in [-0.2, -0.15) is 0 Å². The van der Waals surface area contributed by atoms with Crippen molar-refractivity contribution in [3.63, 3.8) is 0 Å². The quantitative estimate of drug-likeness (QED) is 0.284. The van der Waals surface area contributed by atoms with Crippen molar-refractivity contribution in [2.45, 2.75) is 13.0 Å². The van der Waals surface area contributed by atoms with Crippen LogP contribution in [0.25, 0.3) is 11.3 Å². The molecular formula is C32H32ClN5O3.